The second kappa shape index (κ2) is 22.5. The molecule has 8 rings (SSSR count). The van der Waals surface area contributed by atoms with Crippen LogP contribution in [-0.2, 0) is 30.8 Å². The highest BCUT2D eigenvalue weighted by atomic mass is 32.1. The monoisotopic (exact) mass is 934 g/mol. The number of ether oxygens (including phenoxy) is 4. The predicted molar refractivity (Wildman–Crippen MR) is 256 cm³/mol. The van der Waals surface area contributed by atoms with Gasteiger partial charge in [0.15, 0.2) is 23.0 Å². The maximum Gasteiger partial charge on any atom is 0.286 e. The second-order valence-electron chi connectivity index (χ2n) is 14.7. The van der Waals surface area contributed by atoms with Gasteiger partial charge in [0.2, 0.25) is 0 Å². The molecule has 2 aliphatic rings. The van der Waals surface area contributed by atoms with Gasteiger partial charge in [-0.15, -0.1) is 0 Å². The summed E-state index contributed by atoms with van der Waals surface area (Å²) in [5.74, 6) is -0.512. The van der Waals surface area contributed by atoms with Gasteiger partial charge in [0.25, 0.3) is 23.2 Å². The van der Waals surface area contributed by atoms with Crippen LogP contribution in [0.25, 0.3) is 0 Å². The van der Waals surface area contributed by atoms with E-state index in [1.807, 2.05) is 84.9 Å². The molecule has 0 aliphatic carbocycles. The van der Waals surface area contributed by atoms with E-state index in [4.69, 9.17) is 18.9 Å². The van der Waals surface area contributed by atoms with Gasteiger partial charge >= 0.3 is 0 Å². The topological polar surface area (TPSA) is 201 Å². The van der Waals surface area contributed by atoms with Gasteiger partial charge in [0.1, 0.15) is 30.6 Å². The molecule has 342 valence electrons. The summed E-state index contributed by atoms with van der Waals surface area (Å²) in [5.41, 5.74) is 3.57. The second-order valence-corrected chi connectivity index (χ2v) is 14.7. The zero-order valence-electron chi connectivity index (χ0n) is 35.7. The third-order valence-electron chi connectivity index (χ3n) is 10.8. The molecule has 18 heteroatoms. The number of carbonyl (C=O) groups excluding carboxylic acids is 3. The molecule has 66 heavy (non-hydrogen) atoms. The Hall–Kier alpha value is -7.41. The van der Waals surface area contributed by atoms with E-state index in [0.29, 0.717) is 30.5 Å². The minimum Gasteiger partial charge on any atom is -0.493 e. The van der Waals surface area contributed by atoms with E-state index in [-0.39, 0.29) is 86.6 Å². The summed E-state index contributed by atoms with van der Waals surface area (Å²) in [6, 6.07) is 36.9. The molecule has 0 spiro atoms. The van der Waals surface area contributed by atoms with Crippen molar-refractivity contribution in [1.82, 2.24) is 0 Å². The van der Waals surface area contributed by atoms with Crippen molar-refractivity contribution < 1.29 is 48.3 Å². The van der Waals surface area contributed by atoms with Crippen molar-refractivity contribution in [2.45, 2.75) is 38.1 Å². The number of benzene rings is 6. The number of aliphatic hydroxyl groups excluding tert-OH is 1. The van der Waals surface area contributed by atoms with Crippen LogP contribution in [0.15, 0.2) is 133 Å². The largest absolute Gasteiger partial charge is 0.493 e. The van der Waals surface area contributed by atoms with E-state index in [1.165, 1.54) is 48.3 Å². The number of aliphatic hydroxyl groups is 1. The minimum atomic E-state index is -0.737. The van der Waals surface area contributed by atoms with Crippen LogP contribution in [0.5, 0.6) is 23.0 Å². The van der Waals surface area contributed by atoms with Crippen LogP contribution in [0.3, 0.4) is 0 Å². The number of methoxy groups -OCH3 is 2. The summed E-state index contributed by atoms with van der Waals surface area (Å²) in [4.78, 5) is 63.7. The van der Waals surface area contributed by atoms with Gasteiger partial charge in [-0.2, -0.15) is 27.0 Å². The number of amides is 2. The number of para-hydroxylation sites is 2. The van der Waals surface area contributed by atoms with Crippen molar-refractivity contribution >= 4 is 67.8 Å². The van der Waals surface area contributed by atoms with E-state index < -0.39 is 39.4 Å². The molecule has 16 nitrogen and oxygen atoms in total. The van der Waals surface area contributed by atoms with E-state index in [9.17, 15) is 39.7 Å². The number of nitro groups is 2. The number of carbonyl (C=O) groups is 3. The molecule has 6 aromatic carbocycles. The number of hydrogen-bond acceptors (Lipinski definition) is 12. The van der Waals surface area contributed by atoms with Crippen molar-refractivity contribution in [2.75, 3.05) is 30.6 Å². The Morgan fingerprint density at radius 3 is 1.45 bits per heavy atom. The van der Waals surface area contributed by atoms with Crippen molar-refractivity contribution in [1.29, 1.82) is 0 Å². The first-order chi connectivity index (χ1) is 31.1. The van der Waals surface area contributed by atoms with E-state index in [2.05, 4.69) is 0 Å². The number of hydrogen-bond donors (Lipinski definition) is 1. The Balaban J connectivity index is 0.000000240. The number of rotatable bonds is 14. The van der Waals surface area contributed by atoms with Crippen molar-refractivity contribution in [2.24, 2.45) is 0 Å². The molecule has 2 amide bonds. The average Bonchev–Trinajstić information content (AvgIpc) is 3.91. The van der Waals surface area contributed by atoms with Crippen LogP contribution in [0, 0.1) is 20.2 Å². The molecule has 0 saturated heterocycles. The molecule has 1 N–H and O–H groups in total. The van der Waals surface area contributed by atoms with Crippen LogP contribution < -0.4 is 28.7 Å². The third-order valence-corrected chi connectivity index (χ3v) is 10.8. The van der Waals surface area contributed by atoms with E-state index in [0.717, 1.165) is 22.3 Å². The summed E-state index contributed by atoms with van der Waals surface area (Å²) in [6.07, 6.45) is 1.51. The van der Waals surface area contributed by atoms with Crippen LogP contribution in [0.4, 0.5) is 22.7 Å². The first-order valence-electron chi connectivity index (χ1n) is 20.0. The summed E-state index contributed by atoms with van der Waals surface area (Å²) in [5, 5.41) is 33.5. The van der Waals surface area contributed by atoms with Gasteiger partial charge in [-0.05, 0) is 40.8 Å². The molecule has 2 heterocycles. The van der Waals surface area contributed by atoms with Crippen LogP contribution >= 0.6 is 27.0 Å². The summed E-state index contributed by atoms with van der Waals surface area (Å²) in [7, 11) is 2.80. The standard InChI is InChI=1S/C24H22N2O6.C24H20N2O6.2H2S/c2*1-31-22-12-19(24(28)25-18(14-27)11-17-9-5-6-10-20(17)25)21(26(29)30)13-23(22)32-15-16-7-3-2-4-8-16;;/h2-10,12-13,18,27H,11,14-15H2,1H3;2-10,12-14,18H,11,15H2,1H3;2*1H2/t2*18-;;/m00../s1. The number of aldehydes is 1. The molecule has 6 aromatic rings. The van der Waals surface area contributed by atoms with Crippen molar-refractivity contribution in [3.05, 3.63) is 187 Å². The normalized spacial score (nSPS) is 14.2. The van der Waals surface area contributed by atoms with Gasteiger partial charge < -0.3 is 33.7 Å². The van der Waals surface area contributed by atoms with Crippen LogP contribution in [-0.4, -0.2) is 66.0 Å². The Morgan fingerprint density at radius 1 is 0.621 bits per heavy atom. The Morgan fingerprint density at radius 2 is 1.03 bits per heavy atom. The molecule has 0 saturated carbocycles. The van der Waals surface area contributed by atoms with Crippen molar-refractivity contribution in [3.8, 4) is 23.0 Å². The maximum absolute atomic E-state index is 13.5. The molecule has 2 aliphatic heterocycles. The highest BCUT2D eigenvalue weighted by molar-refractivity contribution is 7.59. The molecule has 0 radical (unpaired) electrons. The van der Waals surface area contributed by atoms with Gasteiger partial charge in [-0.3, -0.25) is 34.7 Å². The fraction of sp³-hybridized carbons (Fsp3) is 0.188. The van der Waals surface area contributed by atoms with Gasteiger partial charge in [-0.25, -0.2) is 0 Å². The Kier molecular flexibility index (Phi) is 16.9. The lowest BCUT2D eigenvalue weighted by Crippen LogP contribution is -2.40. The highest BCUT2D eigenvalue weighted by Crippen LogP contribution is 2.41. The van der Waals surface area contributed by atoms with E-state index >= 15 is 0 Å². The smallest absolute Gasteiger partial charge is 0.286 e. The molecule has 2 atom stereocenters. The number of nitrogens with zero attached hydrogens (tertiary/aromatic N) is 4. The zero-order valence-corrected chi connectivity index (χ0v) is 37.7. The van der Waals surface area contributed by atoms with Gasteiger partial charge in [-0.1, -0.05) is 97.1 Å². The summed E-state index contributed by atoms with van der Waals surface area (Å²) < 4.78 is 22.3. The number of anilines is 2. The predicted octanol–water partition coefficient (Wildman–Crippen LogP) is 7.92. The molecule has 0 fully saturated rings. The first kappa shape index (κ1) is 49.6. The zero-order chi connectivity index (χ0) is 45.3. The molecular formula is C48H46N4O12S2. The lowest BCUT2D eigenvalue weighted by molar-refractivity contribution is -0.385. The first-order valence-corrected chi connectivity index (χ1v) is 20.0. The molecule has 0 unspecified atom stereocenters. The third kappa shape index (κ3) is 10.6. The fourth-order valence-electron chi connectivity index (χ4n) is 7.68. The Bertz CT molecular complexity index is 2710. The molecule has 0 aromatic heterocycles. The quantitative estimate of drug-likeness (QED) is 0.0629. The SMILES string of the molecule is COc1cc(C(=O)N2c3ccccc3C[C@H]2C=O)c([N+](=O)[O-])cc1OCc1ccccc1.COc1cc(C(=O)N2c3ccccc3C[C@H]2CO)c([N+](=O)[O-])cc1OCc1ccccc1.S.S. The molecular weight excluding hydrogens is 889 g/mol. The summed E-state index contributed by atoms with van der Waals surface area (Å²) in [6.45, 7) is 0.103. The lowest BCUT2D eigenvalue weighted by atomic mass is 10.1. The van der Waals surface area contributed by atoms with Crippen molar-refractivity contribution in [3.63, 3.8) is 0 Å². The van der Waals surface area contributed by atoms with Gasteiger partial charge in [0, 0.05) is 29.9 Å². The minimum absolute atomic E-state index is 0. The number of nitro benzene ring substituents is 2. The molecule has 0 bridgehead atoms. The fourth-order valence-corrected chi connectivity index (χ4v) is 7.68. The van der Waals surface area contributed by atoms with Gasteiger partial charge in [0.05, 0.1) is 54.9 Å². The summed E-state index contributed by atoms with van der Waals surface area (Å²) >= 11 is 0. The number of fused-ring (bicyclic) bond motifs is 2. The average molecular weight is 935 g/mol. The lowest BCUT2D eigenvalue weighted by Gasteiger charge is -2.24. The van der Waals surface area contributed by atoms with E-state index in [1.54, 1.807) is 24.3 Å². The maximum atomic E-state index is 13.5. The highest BCUT2D eigenvalue weighted by Gasteiger charge is 2.39. The Labute approximate surface area is 393 Å². The van der Waals surface area contributed by atoms with Crippen LogP contribution in [0.2, 0.25) is 0 Å². The van der Waals surface area contributed by atoms with Crippen LogP contribution in [0.1, 0.15) is 43.0 Å².